The molecule has 6 nitrogen and oxygen atoms in total. The molecular formula is C17H15FN2O4. The first-order valence-corrected chi connectivity index (χ1v) is 7.08. The maximum absolute atomic E-state index is 12.8. The number of carboxylic acids is 1. The van der Waals surface area contributed by atoms with Gasteiger partial charge < -0.3 is 15.7 Å². The summed E-state index contributed by atoms with van der Waals surface area (Å²) in [6.45, 7) is 0.173. The maximum Gasteiger partial charge on any atom is 0.312 e. The van der Waals surface area contributed by atoms with E-state index < -0.39 is 18.3 Å². The number of nitrogens with one attached hydrogen (secondary N) is 2. The summed E-state index contributed by atoms with van der Waals surface area (Å²) in [5.74, 6) is -2.51. The molecule has 0 aromatic heterocycles. The molecule has 124 valence electrons. The van der Waals surface area contributed by atoms with E-state index in [-0.39, 0.29) is 18.3 Å². The lowest BCUT2D eigenvalue weighted by Gasteiger charge is -2.07. The first-order chi connectivity index (χ1) is 11.4. The lowest BCUT2D eigenvalue weighted by Crippen LogP contribution is -2.25. The maximum atomic E-state index is 12.8. The Bertz CT molecular complexity index is 742. The molecule has 3 N–H and O–H groups in total. The van der Waals surface area contributed by atoms with Crippen LogP contribution in [0.2, 0.25) is 0 Å². The quantitative estimate of drug-likeness (QED) is 0.707. The Balaban J connectivity index is 1.91. The third-order valence-corrected chi connectivity index (χ3v) is 3.12. The molecule has 24 heavy (non-hydrogen) atoms. The van der Waals surface area contributed by atoms with Crippen LogP contribution in [0.4, 0.5) is 10.1 Å². The van der Waals surface area contributed by atoms with E-state index in [0.717, 1.165) is 5.56 Å². The summed E-state index contributed by atoms with van der Waals surface area (Å²) in [4.78, 5) is 33.7. The molecule has 0 unspecified atom stereocenters. The van der Waals surface area contributed by atoms with Gasteiger partial charge in [0.1, 0.15) is 12.2 Å². The van der Waals surface area contributed by atoms with Crippen molar-refractivity contribution in [3.05, 3.63) is 65.5 Å². The number of benzene rings is 2. The lowest BCUT2D eigenvalue weighted by atomic mass is 10.1. The minimum Gasteiger partial charge on any atom is -0.481 e. The highest BCUT2D eigenvalue weighted by Gasteiger charge is 2.08. The number of aliphatic carboxylic acids is 1. The molecular weight excluding hydrogens is 315 g/mol. The van der Waals surface area contributed by atoms with Crippen molar-refractivity contribution < 1.29 is 23.9 Å². The van der Waals surface area contributed by atoms with Crippen LogP contribution in [0.25, 0.3) is 0 Å². The van der Waals surface area contributed by atoms with Gasteiger partial charge in [0.15, 0.2) is 0 Å². The van der Waals surface area contributed by atoms with E-state index in [1.165, 1.54) is 24.3 Å². The van der Waals surface area contributed by atoms with Gasteiger partial charge in [0, 0.05) is 17.8 Å². The molecule has 7 heteroatoms. The predicted molar refractivity (Wildman–Crippen MR) is 84.9 cm³/mol. The van der Waals surface area contributed by atoms with Crippen molar-refractivity contribution >= 4 is 23.5 Å². The van der Waals surface area contributed by atoms with Crippen molar-refractivity contribution in [2.24, 2.45) is 0 Å². The molecule has 0 radical (unpaired) electrons. The average Bonchev–Trinajstić information content (AvgIpc) is 2.55. The van der Waals surface area contributed by atoms with Crippen LogP contribution in [0.15, 0.2) is 48.5 Å². The number of rotatable bonds is 6. The Labute approximate surface area is 137 Å². The van der Waals surface area contributed by atoms with Crippen LogP contribution in [0, 0.1) is 5.82 Å². The number of carbonyl (C=O) groups excluding carboxylic acids is 2. The van der Waals surface area contributed by atoms with E-state index >= 15 is 0 Å². The third kappa shape index (κ3) is 5.20. The van der Waals surface area contributed by atoms with Gasteiger partial charge in [0.05, 0.1) is 0 Å². The van der Waals surface area contributed by atoms with Crippen molar-refractivity contribution in [3.63, 3.8) is 0 Å². The van der Waals surface area contributed by atoms with Gasteiger partial charge in [-0.05, 0) is 42.0 Å². The second-order valence-electron chi connectivity index (χ2n) is 5.01. The molecule has 0 heterocycles. The second kappa shape index (κ2) is 7.87. The first-order valence-electron chi connectivity index (χ1n) is 7.08. The molecule has 0 bridgehead atoms. The normalized spacial score (nSPS) is 10.0. The number of carboxylic acid groups (broad SMARTS) is 1. The minimum absolute atomic E-state index is 0.173. The minimum atomic E-state index is -1.19. The molecule has 0 spiro atoms. The fraction of sp³-hybridized carbons (Fsp3) is 0.118. The Morgan fingerprint density at radius 2 is 1.58 bits per heavy atom. The topological polar surface area (TPSA) is 95.5 Å². The van der Waals surface area contributed by atoms with E-state index in [1.807, 2.05) is 0 Å². The SMILES string of the molecule is O=C(O)CC(=O)NCc1ccc(C(=O)Nc2ccc(F)cc2)cc1. The van der Waals surface area contributed by atoms with Gasteiger partial charge in [-0.2, -0.15) is 0 Å². The van der Waals surface area contributed by atoms with Crippen molar-refractivity contribution in [1.29, 1.82) is 0 Å². The van der Waals surface area contributed by atoms with E-state index in [1.54, 1.807) is 24.3 Å². The van der Waals surface area contributed by atoms with E-state index in [2.05, 4.69) is 10.6 Å². The molecule has 0 fully saturated rings. The zero-order valence-electron chi connectivity index (χ0n) is 12.6. The van der Waals surface area contributed by atoms with Crippen LogP contribution < -0.4 is 10.6 Å². The highest BCUT2D eigenvalue weighted by molar-refractivity contribution is 6.04. The summed E-state index contributed by atoms with van der Waals surface area (Å²) in [6.07, 6.45) is -0.585. The average molecular weight is 330 g/mol. The highest BCUT2D eigenvalue weighted by Crippen LogP contribution is 2.11. The first kappa shape index (κ1) is 17.1. The summed E-state index contributed by atoms with van der Waals surface area (Å²) in [7, 11) is 0. The molecule has 0 saturated carbocycles. The van der Waals surface area contributed by atoms with Crippen LogP contribution in [0.1, 0.15) is 22.3 Å². The van der Waals surface area contributed by atoms with Crippen molar-refractivity contribution in [1.82, 2.24) is 5.32 Å². The molecule has 2 rings (SSSR count). The molecule has 0 aliphatic carbocycles. The number of hydrogen-bond donors (Lipinski definition) is 3. The van der Waals surface area contributed by atoms with E-state index in [4.69, 9.17) is 5.11 Å². The summed E-state index contributed by atoms with van der Waals surface area (Å²) in [5.41, 5.74) is 1.61. The van der Waals surface area contributed by atoms with Crippen LogP contribution in [0.3, 0.4) is 0 Å². The van der Waals surface area contributed by atoms with Crippen LogP contribution in [-0.2, 0) is 16.1 Å². The Morgan fingerprint density at radius 1 is 0.958 bits per heavy atom. The van der Waals surface area contributed by atoms with Crippen molar-refractivity contribution in [3.8, 4) is 0 Å². The number of anilines is 1. The zero-order valence-corrected chi connectivity index (χ0v) is 12.6. The molecule has 0 saturated heterocycles. The lowest BCUT2D eigenvalue weighted by molar-refractivity contribution is -0.140. The summed E-state index contributed by atoms with van der Waals surface area (Å²) in [5, 5.41) is 13.6. The fourth-order valence-corrected chi connectivity index (χ4v) is 1.91. The van der Waals surface area contributed by atoms with E-state index in [0.29, 0.717) is 11.3 Å². The molecule has 2 amide bonds. The van der Waals surface area contributed by atoms with Gasteiger partial charge in [-0.25, -0.2) is 4.39 Å². The number of hydrogen-bond acceptors (Lipinski definition) is 3. The van der Waals surface area contributed by atoms with Gasteiger partial charge in [-0.15, -0.1) is 0 Å². The molecule has 0 aliphatic heterocycles. The van der Waals surface area contributed by atoms with Gasteiger partial charge in [0.2, 0.25) is 5.91 Å². The Kier molecular flexibility index (Phi) is 5.62. The van der Waals surface area contributed by atoms with Crippen molar-refractivity contribution in [2.45, 2.75) is 13.0 Å². The summed E-state index contributed by atoms with van der Waals surface area (Å²) in [6, 6.07) is 11.9. The molecule has 0 aliphatic rings. The zero-order chi connectivity index (χ0) is 17.5. The van der Waals surface area contributed by atoms with Crippen molar-refractivity contribution in [2.75, 3.05) is 5.32 Å². The fourth-order valence-electron chi connectivity index (χ4n) is 1.91. The number of carbonyl (C=O) groups is 3. The standard InChI is InChI=1S/C17H15FN2O4/c18-13-5-7-14(8-6-13)20-17(24)12-3-1-11(2-4-12)10-19-15(21)9-16(22)23/h1-8H,9-10H2,(H,19,21)(H,20,24)(H,22,23). The number of amides is 2. The predicted octanol–water partition coefficient (Wildman–Crippen LogP) is 2.17. The largest absolute Gasteiger partial charge is 0.481 e. The van der Waals surface area contributed by atoms with Gasteiger partial charge in [-0.3, -0.25) is 14.4 Å². The van der Waals surface area contributed by atoms with Gasteiger partial charge in [0.25, 0.3) is 5.91 Å². The van der Waals surface area contributed by atoms with Crippen LogP contribution >= 0.6 is 0 Å². The summed E-state index contributed by atoms with van der Waals surface area (Å²) < 4.78 is 12.8. The Hall–Kier alpha value is -3.22. The Morgan fingerprint density at radius 3 is 2.17 bits per heavy atom. The highest BCUT2D eigenvalue weighted by atomic mass is 19.1. The van der Waals surface area contributed by atoms with Gasteiger partial charge in [-0.1, -0.05) is 12.1 Å². The van der Waals surface area contributed by atoms with Crippen LogP contribution in [0.5, 0.6) is 0 Å². The molecule has 2 aromatic rings. The number of halogens is 1. The third-order valence-electron chi connectivity index (χ3n) is 3.12. The summed E-state index contributed by atoms with van der Waals surface area (Å²) >= 11 is 0. The van der Waals surface area contributed by atoms with Gasteiger partial charge >= 0.3 is 5.97 Å². The molecule has 0 atom stereocenters. The van der Waals surface area contributed by atoms with Crippen LogP contribution in [-0.4, -0.2) is 22.9 Å². The second-order valence-corrected chi connectivity index (χ2v) is 5.01. The monoisotopic (exact) mass is 330 g/mol. The molecule has 2 aromatic carbocycles. The smallest absolute Gasteiger partial charge is 0.312 e. The van der Waals surface area contributed by atoms with E-state index in [9.17, 15) is 18.8 Å².